The molecule has 0 bridgehead atoms. The van der Waals surface area contributed by atoms with Crippen molar-refractivity contribution in [1.29, 1.82) is 0 Å². The summed E-state index contributed by atoms with van der Waals surface area (Å²) in [5.74, 6) is 0.417. The number of hydrogen-bond donors (Lipinski definition) is 1. The number of carbonyl (C=O) groups is 1. The first kappa shape index (κ1) is 11.8. The summed E-state index contributed by atoms with van der Waals surface area (Å²) in [6.07, 6.45) is 3.88. The third kappa shape index (κ3) is 2.93. The molecule has 17 heavy (non-hydrogen) atoms. The Morgan fingerprint density at radius 1 is 1.53 bits per heavy atom. The molecular formula is C12H17N3O2. The molecule has 92 valence electrons. The van der Waals surface area contributed by atoms with Gasteiger partial charge in [-0.05, 0) is 26.7 Å². The van der Waals surface area contributed by atoms with Crippen LogP contribution in [0.15, 0.2) is 12.4 Å². The van der Waals surface area contributed by atoms with E-state index in [0.717, 1.165) is 5.69 Å². The van der Waals surface area contributed by atoms with E-state index in [1.807, 2.05) is 19.9 Å². The molecule has 1 aliphatic carbocycles. The lowest BCUT2D eigenvalue weighted by atomic mass is 10.2. The normalized spacial score (nSPS) is 15.0. The van der Waals surface area contributed by atoms with E-state index in [2.05, 4.69) is 9.97 Å². The van der Waals surface area contributed by atoms with Gasteiger partial charge >= 0.3 is 5.97 Å². The van der Waals surface area contributed by atoms with Crippen molar-refractivity contribution in [1.82, 2.24) is 9.97 Å². The molecule has 0 aliphatic heterocycles. The predicted molar refractivity (Wildman–Crippen MR) is 64.1 cm³/mol. The highest BCUT2D eigenvalue weighted by atomic mass is 16.4. The molecule has 2 rings (SSSR count). The monoisotopic (exact) mass is 235 g/mol. The second-order valence-electron chi connectivity index (χ2n) is 4.69. The van der Waals surface area contributed by atoms with Gasteiger partial charge in [-0.1, -0.05) is 0 Å². The largest absolute Gasteiger partial charge is 0.480 e. The van der Waals surface area contributed by atoms with Crippen LogP contribution in [0.2, 0.25) is 0 Å². The average molecular weight is 235 g/mol. The van der Waals surface area contributed by atoms with Crippen LogP contribution in [-0.4, -0.2) is 33.6 Å². The van der Waals surface area contributed by atoms with Gasteiger partial charge in [0.25, 0.3) is 0 Å². The molecule has 5 heteroatoms. The predicted octanol–water partition coefficient (Wildman–Crippen LogP) is 1.65. The summed E-state index contributed by atoms with van der Waals surface area (Å²) in [6.45, 7) is 3.89. The zero-order valence-corrected chi connectivity index (χ0v) is 10.1. The van der Waals surface area contributed by atoms with Crippen molar-refractivity contribution < 1.29 is 9.90 Å². The Morgan fingerprint density at radius 3 is 2.76 bits per heavy atom. The van der Waals surface area contributed by atoms with Crippen LogP contribution < -0.4 is 4.90 Å². The fourth-order valence-corrected chi connectivity index (χ4v) is 1.79. The summed E-state index contributed by atoms with van der Waals surface area (Å²) in [4.78, 5) is 21.0. The van der Waals surface area contributed by atoms with E-state index in [1.54, 1.807) is 4.90 Å². The maximum absolute atomic E-state index is 10.8. The fourth-order valence-electron chi connectivity index (χ4n) is 1.79. The van der Waals surface area contributed by atoms with Gasteiger partial charge in [-0.2, -0.15) is 0 Å². The van der Waals surface area contributed by atoms with Gasteiger partial charge in [0.2, 0.25) is 0 Å². The molecule has 1 aromatic rings. The minimum absolute atomic E-state index is 0.0290. The smallest absolute Gasteiger partial charge is 0.323 e. The van der Waals surface area contributed by atoms with Crippen molar-refractivity contribution >= 4 is 11.8 Å². The topological polar surface area (TPSA) is 66.3 Å². The van der Waals surface area contributed by atoms with Crippen LogP contribution >= 0.6 is 0 Å². The molecule has 1 heterocycles. The average Bonchev–Trinajstić information content (AvgIpc) is 3.09. The Morgan fingerprint density at radius 2 is 2.24 bits per heavy atom. The van der Waals surface area contributed by atoms with Crippen molar-refractivity contribution in [3.8, 4) is 0 Å². The lowest BCUT2D eigenvalue weighted by Gasteiger charge is -2.26. The number of aliphatic carboxylic acids is 1. The fraction of sp³-hybridized carbons (Fsp3) is 0.583. The van der Waals surface area contributed by atoms with Crippen LogP contribution in [0, 0.1) is 0 Å². The summed E-state index contributed by atoms with van der Waals surface area (Å²) in [6, 6.07) is 2.02. The van der Waals surface area contributed by atoms with Crippen molar-refractivity contribution in [3.05, 3.63) is 18.1 Å². The van der Waals surface area contributed by atoms with E-state index in [1.165, 1.54) is 19.2 Å². The highest BCUT2D eigenvalue weighted by Gasteiger charge is 2.26. The van der Waals surface area contributed by atoms with Crippen molar-refractivity contribution in [3.63, 3.8) is 0 Å². The summed E-state index contributed by atoms with van der Waals surface area (Å²) >= 11 is 0. The molecule has 1 saturated carbocycles. The van der Waals surface area contributed by atoms with Gasteiger partial charge in [0, 0.05) is 23.7 Å². The first-order chi connectivity index (χ1) is 8.08. The van der Waals surface area contributed by atoms with E-state index in [9.17, 15) is 4.79 Å². The molecule has 0 saturated heterocycles. The Hall–Kier alpha value is -1.65. The molecule has 0 spiro atoms. The van der Waals surface area contributed by atoms with Gasteiger partial charge in [0.1, 0.15) is 18.7 Å². The van der Waals surface area contributed by atoms with Gasteiger partial charge < -0.3 is 10.0 Å². The number of rotatable bonds is 5. The second kappa shape index (κ2) is 4.69. The van der Waals surface area contributed by atoms with E-state index in [4.69, 9.17) is 5.11 Å². The maximum atomic E-state index is 10.8. The highest BCUT2D eigenvalue weighted by Crippen LogP contribution is 2.39. The summed E-state index contributed by atoms with van der Waals surface area (Å²) in [7, 11) is 0. The summed E-state index contributed by atoms with van der Waals surface area (Å²) in [5, 5.41) is 8.90. The third-order valence-corrected chi connectivity index (χ3v) is 2.89. The van der Waals surface area contributed by atoms with Crippen LogP contribution in [0.25, 0.3) is 0 Å². The van der Waals surface area contributed by atoms with E-state index in [0.29, 0.717) is 11.7 Å². The first-order valence-corrected chi connectivity index (χ1v) is 5.88. The Kier molecular flexibility index (Phi) is 3.26. The molecule has 1 aromatic heterocycles. The molecule has 1 aliphatic rings. The number of hydrogen-bond acceptors (Lipinski definition) is 4. The van der Waals surface area contributed by atoms with Gasteiger partial charge in [0.15, 0.2) is 0 Å². The highest BCUT2D eigenvalue weighted by molar-refractivity contribution is 5.73. The number of aromatic nitrogens is 2. The summed E-state index contributed by atoms with van der Waals surface area (Å²) in [5.41, 5.74) is 1.03. The quantitative estimate of drug-likeness (QED) is 0.840. The standard InChI is InChI=1S/C12H17N3O2/c1-8(2)15(6-12(16)17)11-5-10(9-3-4-9)13-7-14-11/h5,7-9H,3-4,6H2,1-2H3,(H,16,17). The van der Waals surface area contributed by atoms with Gasteiger partial charge in [-0.15, -0.1) is 0 Å². The SMILES string of the molecule is CC(C)N(CC(=O)O)c1cc(C2CC2)ncn1. The van der Waals surface area contributed by atoms with Crippen molar-refractivity contribution in [2.24, 2.45) is 0 Å². The Balaban J connectivity index is 2.21. The van der Waals surface area contributed by atoms with Crippen molar-refractivity contribution in [2.75, 3.05) is 11.4 Å². The second-order valence-corrected chi connectivity index (χ2v) is 4.69. The van der Waals surface area contributed by atoms with Crippen LogP contribution in [0.5, 0.6) is 0 Å². The van der Waals surface area contributed by atoms with Gasteiger partial charge in [0.05, 0.1) is 0 Å². The molecule has 0 atom stereocenters. The minimum Gasteiger partial charge on any atom is -0.480 e. The summed E-state index contributed by atoms with van der Waals surface area (Å²) < 4.78 is 0. The molecule has 1 fully saturated rings. The van der Waals surface area contributed by atoms with E-state index < -0.39 is 5.97 Å². The molecule has 0 unspecified atom stereocenters. The molecular weight excluding hydrogens is 218 g/mol. The Bertz CT molecular complexity index is 416. The molecule has 0 aromatic carbocycles. The zero-order chi connectivity index (χ0) is 12.4. The first-order valence-electron chi connectivity index (χ1n) is 5.88. The molecule has 5 nitrogen and oxygen atoms in total. The maximum Gasteiger partial charge on any atom is 0.323 e. The number of carboxylic acids is 1. The van der Waals surface area contributed by atoms with Crippen LogP contribution in [-0.2, 0) is 4.79 Å². The number of carboxylic acid groups (broad SMARTS) is 1. The van der Waals surface area contributed by atoms with Crippen molar-refractivity contribution in [2.45, 2.75) is 38.6 Å². The van der Waals surface area contributed by atoms with Crippen LogP contribution in [0.1, 0.15) is 38.3 Å². The zero-order valence-electron chi connectivity index (χ0n) is 10.1. The lowest BCUT2D eigenvalue weighted by molar-refractivity contribution is -0.135. The Labute approximate surface area is 100 Å². The van der Waals surface area contributed by atoms with Crippen LogP contribution in [0.3, 0.4) is 0 Å². The lowest BCUT2D eigenvalue weighted by Crippen LogP contribution is -2.36. The molecule has 1 N–H and O–H groups in total. The van der Waals surface area contributed by atoms with E-state index >= 15 is 0 Å². The molecule has 0 radical (unpaired) electrons. The van der Waals surface area contributed by atoms with Gasteiger partial charge in [-0.3, -0.25) is 4.79 Å². The molecule has 0 amide bonds. The third-order valence-electron chi connectivity index (χ3n) is 2.89. The van der Waals surface area contributed by atoms with E-state index in [-0.39, 0.29) is 12.6 Å². The number of anilines is 1. The van der Waals surface area contributed by atoms with Gasteiger partial charge in [-0.25, -0.2) is 9.97 Å². The minimum atomic E-state index is -0.842. The number of nitrogens with zero attached hydrogens (tertiary/aromatic N) is 3. The van der Waals surface area contributed by atoms with Crippen LogP contribution in [0.4, 0.5) is 5.82 Å².